The molecule has 0 aliphatic carbocycles. The number of aliphatic hydroxyl groups is 1. The van der Waals surface area contributed by atoms with Gasteiger partial charge in [0.25, 0.3) is 0 Å². The molecule has 0 bridgehead atoms. The van der Waals surface area contributed by atoms with Crippen LogP contribution in [0, 0.1) is 0 Å². The van der Waals surface area contributed by atoms with Crippen LogP contribution in [0.4, 0.5) is 0 Å². The summed E-state index contributed by atoms with van der Waals surface area (Å²) in [4.78, 5) is 12.1. The SMILES string of the molecule is COc1ccc2c(CC(=O)NCCC(O)c3ccccc3)coc2c1. The van der Waals surface area contributed by atoms with Crippen LogP contribution in [-0.2, 0) is 11.2 Å². The summed E-state index contributed by atoms with van der Waals surface area (Å²) in [6.07, 6.45) is 1.73. The molecule has 1 unspecified atom stereocenters. The minimum Gasteiger partial charge on any atom is -0.497 e. The van der Waals surface area contributed by atoms with Crippen molar-refractivity contribution in [2.45, 2.75) is 18.9 Å². The lowest BCUT2D eigenvalue weighted by atomic mass is 10.1. The first-order valence-electron chi connectivity index (χ1n) is 8.21. The molecule has 2 aromatic carbocycles. The van der Waals surface area contributed by atoms with Crippen LogP contribution in [0.2, 0.25) is 0 Å². The Balaban J connectivity index is 1.53. The molecule has 5 heteroatoms. The van der Waals surface area contributed by atoms with Crippen molar-refractivity contribution in [1.82, 2.24) is 5.32 Å². The third kappa shape index (κ3) is 4.19. The molecule has 0 saturated heterocycles. The molecular formula is C20H21NO4. The molecule has 0 saturated carbocycles. The monoisotopic (exact) mass is 339 g/mol. The standard InChI is InChI=1S/C20H21NO4/c1-24-16-7-8-17-15(13-25-19(17)12-16)11-20(23)21-10-9-18(22)14-5-3-2-4-6-14/h2-8,12-13,18,22H,9-11H2,1H3,(H,21,23). The first kappa shape index (κ1) is 17.0. The van der Waals surface area contributed by atoms with Crippen LogP contribution in [0.25, 0.3) is 11.0 Å². The Bertz CT molecular complexity index is 841. The summed E-state index contributed by atoms with van der Waals surface area (Å²) in [5.41, 5.74) is 2.38. The number of carbonyl (C=O) groups excluding carboxylic acids is 1. The lowest BCUT2D eigenvalue weighted by molar-refractivity contribution is -0.120. The smallest absolute Gasteiger partial charge is 0.224 e. The van der Waals surface area contributed by atoms with Gasteiger partial charge in [-0.25, -0.2) is 0 Å². The minimum absolute atomic E-state index is 0.0984. The van der Waals surface area contributed by atoms with E-state index in [4.69, 9.17) is 9.15 Å². The van der Waals surface area contributed by atoms with Crippen molar-refractivity contribution in [2.24, 2.45) is 0 Å². The van der Waals surface area contributed by atoms with Gasteiger partial charge in [0.1, 0.15) is 11.3 Å². The van der Waals surface area contributed by atoms with Gasteiger partial charge in [0.05, 0.1) is 25.9 Å². The number of nitrogens with one attached hydrogen (secondary N) is 1. The second-order valence-corrected chi connectivity index (χ2v) is 5.86. The fourth-order valence-electron chi connectivity index (χ4n) is 2.75. The van der Waals surface area contributed by atoms with Gasteiger partial charge in [-0.1, -0.05) is 30.3 Å². The number of hydrogen-bond acceptors (Lipinski definition) is 4. The van der Waals surface area contributed by atoms with Gasteiger partial charge in [-0.05, 0) is 24.1 Å². The van der Waals surface area contributed by atoms with Gasteiger partial charge < -0.3 is 19.6 Å². The van der Waals surface area contributed by atoms with Crippen molar-refractivity contribution in [3.63, 3.8) is 0 Å². The molecule has 0 spiro atoms. The maximum Gasteiger partial charge on any atom is 0.224 e. The Morgan fingerprint density at radius 2 is 2.04 bits per heavy atom. The molecule has 1 atom stereocenters. The fraction of sp³-hybridized carbons (Fsp3) is 0.250. The first-order chi connectivity index (χ1) is 12.2. The Labute approximate surface area is 146 Å². The maximum absolute atomic E-state index is 12.1. The van der Waals surface area contributed by atoms with Crippen molar-refractivity contribution in [2.75, 3.05) is 13.7 Å². The summed E-state index contributed by atoms with van der Waals surface area (Å²) in [7, 11) is 1.60. The molecule has 0 radical (unpaired) electrons. The molecule has 130 valence electrons. The molecular weight excluding hydrogens is 318 g/mol. The average molecular weight is 339 g/mol. The Morgan fingerprint density at radius 1 is 1.24 bits per heavy atom. The molecule has 1 aromatic heterocycles. The van der Waals surface area contributed by atoms with Crippen molar-refractivity contribution in [1.29, 1.82) is 0 Å². The Kier molecular flexibility index (Phi) is 5.36. The first-order valence-corrected chi connectivity index (χ1v) is 8.21. The number of carbonyl (C=O) groups is 1. The van der Waals surface area contributed by atoms with Gasteiger partial charge >= 0.3 is 0 Å². The number of rotatable bonds is 7. The summed E-state index contributed by atoms with van der Waals surface area (Å²) < 4.78 is 10.7. The highest BCUT2D eigenvalue weighted by molar-refractivity contribution is 5.88. The average Bonchev–Trinajstić information content (AvgIpc) is 3.04. The zero-order valence-electron chi connectivity index (χ0n) is 14.1. The highest BCUT2D eigenvalue weighted by Crippen LogP contribution is 2.25. The zero-order valence-corrected chi connectivity index (χ0v) is 14.1. The van der Waals surface area contributed by atoms with E-state index in [0.717, 1.165) is 16.5 Å². The van der Waals surface area contributed by atoms with Gasteiger partial charge in [-0.2, -0.15) is 0 Å². The van der Waals surface area contributed by atoms with E-state index in [2.05, 4.69) is 5.32 Å². The fourth-order valence-corrected chi connectivity index (χ4v) is 2.75. The van der Waals surface area contributed by atoms with Gasteiger partial charge in [0, 0.05) is 23.6 Å². The zero-order chi connectivity index (χ0) is 17.6. The second-order valence-electron chi connectivity index (χ2n) is 5.86. The highest BCUT2D eigenvalue weighted by Gasteiger charge is 2.12. The maximum atomic E-state index is 12.1. The highest BCUT2D eigenvalue weighted by atomic mass is 16.5. The topological polar surface area (TPSA) is 71.7 Å². The quantitative estimate of drug-likeness (QED) is 0.693. The molecule has 0 fully saturated rings. The van der Waals surface area contributed by atoms with Crippen molar-refractivity contribution in [3.8, 4) is 5.75 Å². The predicted molar refractivity (Wildman–Crippen MR) is 95.5 cm³/mol. The van der Waals surface area contributed by atoms with Crippen molar-refractivity contribution in [3.05, 3.63) is 65.9 Å². The van der Waals surface area contributed by atoms with E-state index in [1.54, 1.807) is 19.4 Å². The van der Waals surface area contributed by atoms with Crippen LogP contribution in [0.1, 0.15) is 23.7 Å². The van der Waals surface area contributed by atoms with Crippen LogP contribution in [0.15, 0.2) is 59.2 Å². The lowest BCUT2D eigenvalue weighted by Gasteiger charge is -2.11. The second kappa shape index (κ2) is 7.85. The Hall–Kier alpha value is -2.79. The number of aliphatic hydroxyl groups excluding tert-OH is 1. The number of ether oxygens (including phenoxy) is 1. The number of benzene rings is 2. The number of fused-ring (bicyclic) bond motifs is 1. The lowest BCUT2D eigenvalue weighted by Crippen LogP contribution is -2.27. The minimum atomic E-state index is -0.580. The van der Waals surface area contributed by atoms with Crippen LogP contribution < -0.4 is 10.1 Å². The number of amides is 1. The van der Waals surface area contributed by atoms with E-state index in [9.17, 15) is 9.90 Å². The third-order valence-corrected chi connectivity index (χ3v) is 4.14. The molecule has 0 aliphatic heterocycles. The Morgan fingerprint density at radius 3 is 2.80 bits per heavy atom. The molecule has 3 rings (SSSR count). The number of methoxy groups -OCH3 is 1. The molecule has 5 nitrogen and oxygen atoms in total. The van der Waals surface area contributed by atoms with E-state index < -0.39 is 6.10 Å². The van der Waals surface area contributed by atoms with Gasteiger partial charge in [0.2, 0.25) is 5.91 Å². The number of hydrogen-bond donors (Lipinski definition) is 2. The molecule has 1 amide bonds. The molecule has 2 N–H and O–H groups in total. The summed E-state index contributed by atoms with van der Waals surface area (Å²) in [5, 5.41) is 13.8. The molecule has 25 heavy (non-hydrogen) atoms. The van der Waals surface area contributed by atoms with Crippen LogP contribution in [-0.4, -0.2) is 24.7 Å². The third-order valence-electron chi connectivity index (χ3n) is 4.14. The molecule has 0 aliphatic rings. The molecule has 1 heterocycles. The van der Waals surface area contributed by atoms with E-state index >= 15 is 0 Å². The van der Waals surface area contributed by atoms with E-state index in [0.29, 0.717) is 24.3 Å². The summed E-state index contributed by atoms with van der Waals surface area (Å²) in [6, 6.07) is 15.0. The normalized spacial score (nSPS) is 12.1. The van der Waals surface area contributed by atoms with Crippen molar-refractivity contribution < 1.29 is 19.1 Å². The van der Waals surface area contributed by atoms with Crippen LogP contribution in [0.3, 0.4) is 0 Å². The van der Waals surface area contributed by atoms with Gasteiger partial charge in [-0.3, -0.25) is 4.79 Å². The van der Waals surface area contributed by atoms with Gasteiger partial charge in [0.15, 0.2) is 0 Å². The van der Waals surface area contributed by atoms with E-state index in [1.807, 2.05) is 42.5 Å². The largest absolute Gasteiger partial charge is 0.497 e. The summed E-state index contributed by atoms with van der Waals surface area (Å²) in [6.45, 7) is 0.415. The summed E-state index contributed by atoms with van der Waals surface area (Å²) >= 11 is 0. The van der Waals surface area contributed by atoms with Crippen LogP contribution >= 0.6 is 0 Å². The van der Waals surface area contributed by atoms with Crippen molar-refractivity contribution >= 4 is 16.9 Å². The summed E-state index contributed by atoms with van der Waals surface area (Å²) in [5.74, 6) is 0.617. The number of furan rings is 1. The predicted octanol–water partition coefficient (Wildman–Crippen LogP) is 3.22. The van der Waals surface area contributed by atoms with E-state index in [-0.39, 0.29) is 12.3 Å². The van der Waals surface area contributed by atoms with Crippen LogP contribution in [0.5, 0.6) is 5.75 Å². The molecule has 3 aromatic rings. The van der Waals surface area contributed by atoms with Gasteiger partial charge in [-0.15, -0.1) is 0 Å². The van der Waals surface area contributed by atoms with E-state index in [1.165, 1.54) is 0 Å².